The molecular weight excluding hydrogens is 238 g/mol. The van der Waals surface area contributed by atoms with E-state index < -0.39 is 0 Å². The summed E-state index contributed by atoms with van der Waals surface area (Å²) in [4.78, 5) is 6.96. The fraction of sp³-hybridized carbons (Fsp3) is 0.667. The second-order valence-corrected chi connectivity index (χ2v) is 5.91. The van der Waals surface area contributed by atoms with Crippen molar-refractivity contribution in [2.24, 2.45) is 5.92 Å². The Morgan fingerprint density at radius 3 is 2.74 bits per heavy atom. The van der Waals surface area contributed by atoms with Gasteiger partial charge in [-0.05, 0) is 51.7 Å². The number of nitrogens with two attached hydrogens (primary N) is 1. The van der Waals surface area contributed by atoms with E-state index in [1.807, 2.05) is 26.0 Å². The van der Waals surface area contributed by atoms with Gasteiger partial charge in [0.2, 0.25) is 5.88 Å². The summed E-state index contributed by atoms with van der Waals surface area (Å²) in [6, 6.07) is 4.42. The van der Waals surface area contributed by atoms with Crippen molar-refractivity contribution in [1.82, 2.24) is 4.98 Å². The van der Waals surface area contributed by atoms with Gasteiger partial charge in [0.15, 0.2) is 0 Å². The quantitative estimate of drug-likeness (QED) is 0.910. The average Bonchev–Trinajstić information content (AvgIpc) is 2.34. The van der Waals surface area contributed by atoms with Crippen LogP contribution in [0.25, 0.3) is 0 Å². The molecular formula is C15H25N3O. The molecule has 1 aliphatic heterocycles. The number of nitrogens with zero attached hydrogens (tertiary/aromatic N) is 2. The monoisotopic (exact) mass is 263 g/mol. The summed E-state index contributed by atoms with van der Waals surface area (Å²) < 4.78 is 5.68. The maximum Gasteiger partial charge on any atom is 0.239 e. The topological polar surface area (TPSA) is 51.4 Å². The molecule has 0 spiro atoms. The van der Waals surface area contributed by atoms with Gasteiger partial charge in [-0.1, -0.05) is 6.92 Å². The zero-order valence-corrected chi connectivity index (χ0v) is 12.4. The molecule has 0 amide bonds. The van der Waals surface area contributed by atoms with Crippen molar-refractivity contribution < 1.29 is 4.74 Å². The number of hydrogen-bond acceptors (Lipinski definition) is 4. The molecule has 1 aliphatic rings. The molecule has 0 saturated carbocycles. The summed E-state index contributed by atoms with van der Waals surface area (Å²) in [5.74, 6) is 2.24. The number of anilines is 2. The molecule has 2 N–H and O–H groups in total. The number of aromatic nitrogens is 1. The molecule has 0 bridgehead atoms. The predicted octanol–water partition coefficient (Wildman–Crippen LogP) is 3.08. The van der Waals surface area contributed by atoms with Crippen molar-refractivity contribution >= 4 is 11.5 Å². The highest BCUT2D eigenvalue weighted by molar-refractivity contribution is 5.55. The number of piperidine rings is 1. The van der Waals surface area contributed by atoms with Gasteiger partial charge in [0.05, 0.1) is 11.8 Å². The Bertz CT molecular complexity index is 433. The smallest absolute Gasteiger partial charge is 0.239 e. The lowest BCUT2D eigenvalue weighted by molar-refractivity contribution is 0.234. The Morgan fingerprint density at radius 1 is 1.32 bits per heavy atom. The van der Waals surface area contributed by atoms with Gasteiger partial charge in [-0.15, -0.1) is 0 Å². The second-order valence-electron chi connectivity index (χ2n) is 5.91. The van der Waals surface area contributed by atoms with Crippen LogP contribution in [-0.2, 0) is 0 Å². The summed E-state index contributed by atoms with van der Waals surface area (Å²) >= 11 is 0. The van der Waals surface area contributed by atoms with Crippen molar-refractivity contribution in [3.05, 3.63) is 12.1 Å². The van der Waals surface area contributed by atoms with E-state index in [4.69, 9.17) is 10.5 Å². The fourth-order valence-corrected chi connectivity index (χ4v) is 2.53. The minimum atomic E-state index is 0.0859. The molecule has 1 saturated heterocycles. The first kappa shape index (κ1) is 14.0. The number of nitrogen functional groups attached to an aromatic ring is 1. The Balaban J connectivity index is 2.24. The summed E-state index contributed by atoms with van der Waals surface area (Å²) in [5.41, 5.74) is 6.53. The maximum atomic E-state index is 5.92. The lowest BCUT2D eigenvalue weighted by Gasteiger charge is -2.37. The Morgan fingerprint density at radius 2 is 2.05 bits per heavy atom. The highest BCUT2D eigenvalue weighted by atomic mass is 16.5. The first-order chi connectivity index (χ1) is 8.97. The third-order valence-corrected chi connectivity index (χ3v) is 3.63. The minimum Gasteiger partial charge on any atom is -0.473 e. The van der Waals surface area contributed by atoms with Crippen LogP contribution in [0.15, 0.2) is 12.1 Å². The number of pyridine rings is 1. The Hall–Kier alpha value is -1.45. The molecule has 0 aromatic carbocycles. The van der Waals surface area contributed by atoms with E-state index in [1.165, 1.54) is 12.8 Å². The van der Waals surface area contributed by atoms with Crippen LogP contribution in [0.2, 0.25) is 0 Å². The highest BCUT2D eigenvalue weighted by Crippen LogP contribution is 2.29. The zero-order valence-electron chi connectivity index (χ0n) is 12.4. The summed E-state index contributed by atoms with van der Waals surface area (Å²) in [6.07, 6.45) is 2.60. The molecule has 0 radical (unpaired) electrons. The van der Waals surface area contributed by atoms with Gasteiger partial charge in [-0.3, -0.25) is 0 Å². The molecule has 2 unspecified atom stereocenters. The first-order valence-corrected chi connectivity index (χ1v) is 7.17. The van der Waals surface area contributed by atoms with Crippen LogP contribution in [0.3, 0.4) is 0 Å². The molecule has 2 heterocycles. The summed E-state index contributed by atoms with van der Waals surface area (Å²) in [5, 5.41) is 0. The second kappa shape index (κ2) is 5.68. The van der Waals surface area contributed by atoms with E-state index in [-0.39, 0.29) is 6.10 Å². The van der Waals surface area contributed by atoms with E-state index in [1.54, 1.807) is 0 Å². The van der Waals surface area contributed by atoms with Gasteiger partial charge < -0.3 is 15.4 Å². The Labute approximate surface area is 116 Å². The van der Waals surface area contributed by atoms with Crippen LogP contribution >= 0.6 is 0 Å². The van der Waals surface area contributed by atoms with Crippen molar-refractivity contribution in [3.63, 3.8) is 0 Å². The van der Waals surface area contributed by atoms with Gasteiger partial charge in [-0.25, -0.2) is 0 Å². The van der Waals surface area contributed by atoms with Crippen LogP contribution in [0.1, 0.15) is 40.5 Å². The van der Waals surface area contributed by atoms with Crippen LogP contribution in [0.4, 0.5) is 11.5 Å². The molecule has 1 aromatic rings. The van der Waals surface area contributed by atoms with E-state index in [0.29, 0.717) is 23.5 Å². The van der Waals surface area contributed by atoms with Crippen molar-refractivity contribution in [2.75, 3.05) is 17.2 Å². The first-order valence-electron chi connectivity index (χ1n) is 7.17. The zero-order chi connectivity index (χ0) is 14.0. The number of hydrogen-bond donors (Lipinski definition) is 1. The normalized spacial score (nSPS) is 23.7. The number of rotatable bonds is 3. The van der Waals surface area contributed by atoms with Gasteiger partial charge in [0.1, 0.15) is 5.82 Å². The van der Waals surface area contributed by atoms with E-state index >= 15 is 0 Å². The van der Waals surface area contributed by atoms with Crippen LogP contribution in [0.5, 0.6) is 5.88 Å². The minimum absolute atomic E-state index is 0.0859. The van der Waals surface area contributed by atoms with E-state index in [0.717, 1.165) is 12.4 Å². The molecule has 0 aliphatic carbocycles. The fourth-order valence-electron chi connectivity index (χ4n) is 2.53. The van der Waals surface area contributed by atoms with Crippen molar-refractivity contribution in [2.45, 2.75) is 52.7 Å². The molecule has 4 heteroatoms. The third-order valence-electron chi connectivity index (χ3n) is 3.63. The van der Waals surface area contributed by atoms with Crippen LogP contribution in [-0.4, -0.2) is 23.7 Å². The van der Waals surface area contributed by atoms with Gasteiger partial charge in [0.25, 0.3) is 0 Å². The highest BCUT2D eigenvalue weighted by Gasteiger charge is 2.24. The average molecular weight is 263 g/mol. The van der Waals surface area contributed by atoms with Crippen LogP contribution < -0.4 is 15.4 Å². The summed E-state index contributed by atoms with van der Waals surface area (Å²) in [7, 11) is 0. The lowest BCUT2D eigenvalue weighted by atomic mass is 9.95. The SMILES string of the molecule is CC1CCC(C)N(c2ccc(N)c(OC(C)C)n2)C1. The lowest BCUT2D eigenvalue weighted by Crippen LogP contribution is -2.41. The standard InChI is InChI=1S/C15H25N3O/c1-10(2)19-15-13(16)7-8-14(17-15)18-9-11(3)5-6-12(18)4/h7-8,10-12H,5-6,9,16H2,1-4H3. The molecule has 2 atom stereocenters. The van der Waals surface area contributed by atoms with Crippen molar-refractivity contribution in [3.8, 4) is 5.88 Å². The molecule has 4 nitrogen and oxygen atoms in total. The van der Waals surface area contributed by atoms with Gasteiger partial charge in [-0.2, -0.15) is 4.98 Å². The predicted molar refractivity (Wildman–Crippen MR) is 79.6 cm³/mol. The van der Waals surface area contributed by atoms with Gasteiger partial charge in [0, 0.05) is 12.6 Å². The van der Waals surface area contributed by atoms with E-state index in [2.05, 4.69) is 23.7 Å². The molecule has 19 heavy (non-hydrogen) atoms. The van der Waals surface area contributed by atoms with Crippen molar-refractivity contribution in [1.29, 1.82) is 0 Å². The van der Waals surface area contributed by atoms with Crippen LogP contribution in [0, 0.1) is 5.92 Å². The molecule has 1 aromatic heterocycles. The van der Waals surface area contributed by atoms with E-state index in [9.17, 15) is 0 Å². The number of ether oxygens (including phenoxy) is 1. The molecule has 2 rings (SSSR count). The van der Waals surface area contributed by atoms with Gasteiger partial charge >= 0.3 is 0 Å². The third kappa shape index (κ3) is 3.31. The molecule has 1 fully saturated rings. The largest absolute Gasteiger partial charge is 0.473 e. The summed E-state index contributed by atoms with van der Waals surface area (Å²) in [6.45, 7) is 9.58. The molecule has 106 valence electrons. The Kier molecular flexibility index (Phi) is 4.17. The maximum absolute atomic E-state index is 5.92.